The number of aliphatic imine (C=N–C) groups is 1. The van der Waals surface area contributed by atoms with Gasteiger partial charge in [-0.05, 0) is 31.2 Å². The highest BCUT2D eigenvalue weighted by Gasteiger charge is 2.38. The highest BCUT2D eigenvalue weighted by molar-refractivity contribution is 5.94. The summed E-state index contributed by atoms with van der Waals surface area (Å²) in [5.41, 5.74) is 8.27. The van der Waals surface area contributed by atoms with Crippen LogP contribution in [0.3, 0.4) is 0 Å². The molecule has 31 heavy (non-hydrogen) atoms. The fourth-order valence-corrected chi connectivity index (χ4v) is 3.59. The zero-order valence-corrected chi connectivity index (χ0v) is 17.1. The van der Waals surface area contributed by atoms with Gasteiger partial charge in [0, 0.05) is 5.70 Å². The van der Waals surface area contributed by atoms with Crippen LogP contribution in [0.1, 0.15) is 44.6 Å². The third-order valence-corrected chi connectivity index (χ3v) is 5.07. The smallest absolute Gasteiger partial charge is 0.475 e. The Hall–Kier alpha value is -3.04. The SMILES string of the molecule is CC1=C(C(=O)OCc2ccccc2)C(C2CCCCC2)N=C(N)N1.O=C(O)C(F)(F)F. The molecular weight excluding hydrogens is 415 g/mol. The van der Waals surface area contributed by atoms with Gasteiger partial charge in [-0.25, -0.2) is 14.6 Å². The largest absolute Gasteiger partial charge is 0.490 e. The summed E-state index contributed by atoms with van der Waals surface area (Å²) in [6.07, 6.45) is 0.732. The number of alkyl halides is 3. The molecule has 0 bridgehead atoms. The molecule has 4 N–H and O–H groups in total. The van der Waals surface area contributed by atoms with Crippen LogP contribution in [0, 0.1) is 5.92 Å². The lowest BCUT2D eigenvalue weighted by Crippen LogP contribution is -2.42. The maximum atomic E-state index is 12.7. The van der Waals surface area contributed by atoms with Crippen molar-refractivity contribution in [1.29, 1.82) is 0 Å². The fourth-order valence-electron chi connectivity index (χ4n) is 3.59. The van der Waals surface area contributed by atoms with Gasteiger partial charge in [-0.1, -0.05) is 49.6 Å². The van der Waals surface area contributed by atoms with Crippen LogP contribution in [-0.2, 0) is 20.9 Å². The first-order valence-electron chi connectivity index (χ1n) is 9.91. The number of benzene rings is 1. The van der Waals surface area contributed by atoms with Crippen molar-refractivity contribution in [3.63, 3.8) is 0 Å². The van der Waals surface area contributed by atoms with E-state index < -0.39 is 12.1 Å². The minimum absolute atomic E-state index is 0.185. The van der Waals surface area contributed by atoms with E-state index in [0.717, 1.165) is 24.1 Å². The number of halogens is 3. The van der Waals surface area contributed by atoms with Crippen LogP contribution in [0.15, 0.2) is 46.6 Å². The molecule has 1 heterocycles. The fraction of sp³-hybridized carbons (Fsp3) is 0.476. The van der Waals surface area contributed by atoms with Crippen LogP contribution in [0.4, 0.5) is 13.2 Å². The number of hydrogen-bond acceptors (Lipinski definition) is 6. The molecule has 0 saturated heterocycles. The van der Waals surface area contributed by atoms with Crippen molar-refractivity contribution in [1.82, 2.24) is 5.32 Å². The molecule has 10 heteroatoms. The van der Waals surface area contributed by atoms with Crippen molar-refractivity contribution in [2.24, 2.45) is 16.6 Å². The number of guanidine groups is 1. The van der Waals surface area contributed by atoms with Crippen molar-refractivity contribution in [2.45, 2.75) is 57.9 Å². The van der Waals surface area contributed by atoms with E-state index in [-0.39, 0.29) is 18.6 Å². The number of rotatable bonds is 4. The summed E-state index contributed by atoms with van der Waals surface area (Å²) in [4.78, 5) is 26.1. The van der Waals surface area contributed by atoms with E-state index in [0.29, 0.717) is 17.5 Å². The van der Waals surface area contributed by atoms with E-state index in [4.69, 9.17) is 20.4 Å². The monoisotopic (exact) mass is 441 g/mol. The zero-order chi connectivity index (χ0) is 23.0. The Morgan fingerprint density at radius 2 is 1.77 bits per heavy atom. The molecule has 0 amide bonds. The average Bonchev–Trinajstić information content (AvgIpc) is 2.72. The lowest BCUT2D eigenvalue weighted by molar-refractivity contribution is -0.192. The predicted molar refractivity (Wildman–Crippen MR) is 108 cm³/mol. The number of aliphatic carboxylic acids is 1. The van der Waals surface area contributed by atoms with Gasteiger partial charge in [-0.15, -0.1) is 0 Å². The normalized spacial score (nSPS) is 19.5. The summed E-state index contributed by atoms with van der Waals surface area (Å²) < 4.78 is 37.3. The molecular formula is C21H26F3N3O4. The summed E-state index contributed by atoms with van der Waals surface area (Å²) >= 11 is 0. The van der Waals surface area contributed by atoms with Crippen molar-refractivity contribution < 1.29 is 32.6 Å². The minimum Gasteiger partial charge on any atom is -0.475 e. The number of carbonyl (C=O) groups is 2. The van der Waals surface area contributed by atoms with Crippen LogP contribution < -0.4 is 11.1 Å². The van der Waals surface area contributed by atoms with E-state index in [1.54, 1.807) is 0 Å². The molecule has 1 aromatic carbocycles. The number of esters is 1. The number of allylic oxidation sites excluding steroid dienone is 1. The van der Waals surface area contributed by atoms with Crippen molar-refractivity contribution >= 4 is 17.9 Å². The molecule has 1 aliphatic carbocycles. The van der Waals surface area contributed by atoms with Crippen LogP contribution in [0.5, 0.6) is 0 Å². The van der Waals surface area contributed by atoms with Crippen LogP contribution >= 0.6 is 0 Å². The second-order valence-corrected chi connectivity index (χ2v) is 7.39. The molecule has 170 valence electrons. The Morgan fingerprint density at radius 3 is 2.32 bits per heavy atom. The van der Waals surface area contributed by atoms with Crippen molar-refractivity contribution in [3.05, 3.63) is 47.2 Å². The van der Waals surface area contributed by atoms with E-state index in [1.807, 2.05) is 37.3 Å². The zero-order valence-electron chi connectivity index (χ0n) is 17.1. The first-order chi connectivity index (χ1) is 14.6. The van der Waals surface area contributed by atoms with Gasteiger partial charge >= 0.3 is 18.1 Å². The molecule has 1 aromatic rings. The van der Waals surface area contributed by atoms with Crippen LogP contribution in [0.25, 0.3) is 0 Å². The van der Waals surface area contributed by atoms with E-state index in [9.17, 15) is 18.0 Å². The van der Waals surface area contributed by atoms with E-state index >= 15 is 0 Å². The molecule has 2 aliphatic rings. The number of carboxylic acid groups (broad SMARTS) is 1. The highest BCUT2D eigenvalue weighted by atomic mass is 19.4. The van der Waals surface area contributed by atoms with E-state index in [2.05, 4.69) is 10.3 Å². The number of ether oxygens (including phenoxy) is 1. The van der Waals surface area contributed by atoms with E-state index in [1.165, 1.54) is 19.3 Å². The standard InChI is InChI=1S/C19H25N3O2.C2HF3O2/c1-13-16(18(23)24-12-14-8-4-2-5-9-14)17(22-19(20)21-13)15-10-6-3-7-11-15;3-2(4,5)1(6)7/h2,4-5,8-9,15,17H,3,6-7,10-12H2,1H3,(H3,20,21,22);(H,6,7). The quantitative estimate of drug-likeness (QED) is 0.616. The summed E-state index contributed by atoms with van der Waals surface area (Å²) in [5, 5.41) is 10.1. The molecule has 1 unspecified atom stereocenters. The van der Waals surface area contributed by atoms with Crippen molar-refractivity contribution in [2.75, 3.05) is 0 Å². The van der Waals surface area contributed by atoms with Gasteiger partial charge in [0.25, 0.3) is 0 Å². The Kier molecular flexibility index (Phi) is 8.47. The minimum atomic E-state index is -5.08. The number of carboxylic acids is 1. The third kappa shape index (κ3) is 7.30. The first-order valence-corrected chi connectivity index (χ1v) is 9.91. The number of hydrogen-bond donors (Lipinski definition) is 3. The number of carbonyl (C=O) groups excluding carboxylic acids is 1. The summed E-state index contributed by atoms with van der Waals surface area (Å²) in [7, 11) is 0. The third-order valence-electron chi connectivity index (χ3n) is 5.07. The maximum absolute atomic E-state index is 12.7. The predicted octanol–water partition coefficient (Wildman–Crippen LogP) is 3.50. The van der Waals surface area contributed by atoms with Gasteiger partial charge in [0.05, 0.1) is 11.6 Å². The van der Waals surface area contributed by atoms with Gasteiger partial charge in [-0.2, -0.15) is 13.2 Å². The van der Waals surface area contributed by atoms with Gasteiger partial charge in [0.2, 0.25) is 0 Å². The lowest BCUT2D eigenvalue weighted by Gasteiger charge is -2.32. The van der Waals surface area contributed by atoms with Crippen LogP contribution in [-0.4, -0.2) is 35.2 Å². The summed E-state index contributed by atoms with van der Waals surface area (Å²) in [5.74, 6) is -2.29. The van der Waals surface area contributed by atoms with Crippen molar-refractivity contribution in [3.8, 4) is 0 Å². The first kappa shape index (κ1) is 24.2. The molecule has 0 radical (unpaired) electrons. The van der Waals surface area contributed by atoms with Gasteiger partial charge in [0.15, 0.2) is 5.96 Å². The number of nitrogens with two attached hydrogens (primary N) is 1. The number of nitrogens with one attached hydrogen (secondary N) is 1. The van der Waals surface area contributed by atoms with Gasteiger partial charge < -0.3 is 20.9 Å². The molecule has 0 aromatic heterocycles. The topological polar surface area (TPSA) is 114 Å². The Labute approximate surface area is 178 Å². The molecule has 7 nitrogen and oxygen atoms in total. The summed E-state index contributed by atoms with van der Waals surface area (Å²) in [6.45, 7) is 2.14. The molecule has 3 rings (SSSR count). The van der Waals surface area contributed by atoms with Gasteiger partial charge in [-0.3, -0.25) is 0 Å². The molecule has 1 fully saturated rings. The van der Waals surface area contributed by atoms with Crippen LogP contribution in [0.2, 0.25) is 0 Å². The molecule has 1 saturated carbocycles. The highest BCUT2D eigenvalue weighted by Crippen LogP contribution is 2.33. The molecule has 0 spiro atoms. The average molecular weight is 441 g/mol. The second-order valence-electron chi connectivity index (χ2n) is 7.39. The number of nitrogens with zero attached hydrogens (tertiary/aromatic N) is 1. The summed E-state index contributed by atoms with van der Waals surface area (Å²) in [6, 6.07) is 9.52. The lowest BCUT2D eigenvalue weighted by atomic mass is 9.80. The second kappa shape index (κ2) is 10.8. The molecule has 1 atom stereocenters. The Bertz CT molecular complexity index is 832. The Balaban J connectivity index is 0.000000423. The maximum Gasteiger partial charge on any atom is 0.490 e. The molecule has 1 aliphatic heterocycles. The van der Waals surface area contributed by atoms with Gasteiger partial charge in [0.1, 0.15) is 6.61 Å². The Morgan fingerprint density at radius 1 is 1.19 bits per heavy atom.